The first-order chi connectivity index (χ1) is 10.0. The van der Waals surface area contributed by atoms with Crippen LogP contribution in [0, 0.1) is 11.3 Å². The molecule has 2 rings (SSSR count). The lowest BCUT2D eigenvalue weighted by molar-refractivity contribution is 0.0639. The van der Waals surface area contributed by atoms with Crippen LogP contribution in [-0.2, 0) is 6.42 Å². The van der Waals surface area contributed by atoms with Crippen LogP contribution in [0.1, 0.15) is 11.1 Å². The van der Waals surface area contributed by atoms with E-state index in [1.54, 1.807) is 24.3 Å². The molecule has 0 aliphatic carbocycles. The summed E-state index contributed by atoms with van der Waals surface area (Å²) in [7, 11) is 0. The summed E-state index contributed by atoms with van der Waals surface area (Å²) in [4.78, 5) is 24.8. The van der Waals surface area contributed by atoms with Crippen molar-refractivity contribution in [3.8, 4) is 6.07 Å². The molecule has 1 aromatic rings. The minimum atomic E-state index is -1.04. The number of nitrogens with zero attached hydrogens (tertiary/aromatic N) is 3. The van der Waals surface area contributed by atoms with E-state index < -0.39 is 18.2 Å². The molecular weight excluding hydrogens is 274 g/mol. The van der Waals surface area contributed by atoms with Gasteiger partial charge in [0, 0.05) is 19.6 Å². The maximum atomic E-state index is 11.2. The average molecular weight is 289 g/mol. The van der Waals surface area contributed by atoms with E-state index in [4.69, 9.17) is 10.4 Å². The summed E-state index contributed by atoms with van der Waals surface area (Å²) in [6.07, 6.45) is -1.66. The molecule has 0 bridgehead atoms. The number of benzene rings is 1. The topological polar surface area (TPSA) is 105 Å². The molecule has 2 amide bonds. The Kier molecular flexibility index (Phi) is 4.28. The van der Waals surface area contributed by atoms with Crippen molar-refractivity contribution in [3.63, 3.8) is 0 Å². The lowest BCUT2D eigenvalue weighted by atomic mass is 10.0. The fraction of sp³-hybridized carbons (Fsp3) is 0.357. The second kappa shape index (κ2) is 6.13. The highest BCUT2D eigenvalue weighted by Crippen LogP contribution is 2.16. The van der Waals surface area contributed by atoms with Crippen molar-refractivity contribution in [1.29, 1.82) is 5.26 Å². The molecule has 0 unspecified atom stereocenters. The first kappa shape index (κ1) is 14.7. The molecule has 0 saturated carbocycles. The first-order valence-corrected chi connectivity index (χ1v) is 6.47. The third kappa shape index (κ3) is 3.42. The molecule has 1 fully saturated rings. The van der Waals surface area contributed by atoms with E-state index in [0.29, 0.717) is 12.0 Å². The Bertz CT molecular complexity index is 579. The number of rotatable bonds is 2. The van der Waals surface area contributed by atoms with E-state index >= 15 is 0 Å². The predicted octanol–water partition coefficient (Wildman–Crippen LogP) is 1.44. The fourth-order valence-electron chi connectivity index (χ4n) is 2.44. The number of nitriles is 1. The summed E-state index contributed by atoms with van der Waals surface area (Å²) in [6, 6.07) is 8.45. The van der Waals surface area contributed by atoms with Gasteiger partial charge in [-0.3, -0.25) is 0 Å². The number of carboxylic acid groups (broad SMARTS) is 2. The fourth-order valence-corrected chi connectivity index (χ4v) is 2.44. The predicted molar refractivity (Wildman–Crippen MR) is 73.0 cm³/mol. The van der Waals surface area contributed by atoms with Gasteiger partial charge in [0.05, 0.1) is 17.7 Å². The van der Waals surface area contributed by atoms with Gasteiger partial charge in [0.15, 0.2) is 0 Å². The van der Waals surface area contributed by atoms with E-state index in [0.717, 1.165) is 5.56 Å². The second-order valence-corrected chi connectivity index (χ2v) is 4.87. The Morgan fingerprint density at radius 1 is 1.19 bits per heavy atom. The molecule has 1 aliphatic rings. The van der Waals surface area contributed by atoms with Crippen LogP contribution in [0.5, 0.6) is 0 Å². The Labute approximate surface area is 121 Å². The first-order valence-electron chi connectivity index (χ1n) is 6.47. The van der Waals surface area contributed by atoms with Gasteiger partial charge in [-0.15, -0.1) is 0 Å². The van der Waals surface area contributed by atoms with Crippen molar-refractivity contribution < 1.29 is 19.8 Å². The highest BCUT2D eigenvalue weighted by molar-refractivity contribution is 5.68. The van der Waals surface area contributed by atoms with Crippen molar-refractivity contribution in [1.82, 2.24) is 9.80 Å². The third-order valence-electron chi connectivity index (χ3n) is 3.55. The molecule has 0 radical (unpaired) electrons. The Morgan fingerprint density at radius 2 is 1.86 bits per heavy atom. The molecule has 2 N–H and O–H groups in total. The summed E-state index contributed by atoms with van der Waals surface area (Å²) in [6.45, 7) is 0.510. The van der Waals surface area contributed by atoms with Crippen molar-refractivity contribution in [2.75, 3.05) is 19.6 Å². The van der Waals surface area contributed by atoms with Gasteiger partial charge in [-0.1, -0.05) is 12.1 Å². The number of carbonyl (C=O) groups is 2. The van der Waals surface area contributed by atoms with Crippen LogP contribution in [-0.4, -0.2) is 57.9 Å². The third-order valence-corrected chi connectivity index (χ3v) is 3.55. The van der Waals surface area contributed by atoms with Crippen LogP contribution in [0.25, 0.3) is 0 Å². The van der Waals surface area contributed by atoms with Crippen molar-refractivity contribution in [3.05, 3.63) is 35.4 Å². The van der Waals surface area contributed by atoms with E-state index in [2.05, 4.69) is 0 Å². The van der Waals surface area contributed by atoms with Gasteiger partial charge in [0.25, 0.3) is 0 Å². The molecule has 110 valence electrons. The molecular formula is C14H15N3O4. The van der Waals surface area contributed by atoms with Crippen molar-refractivity contribution in [2.45, 2.75) is 12.5 Å². The van der Waals surface area contributed by atoms with Gasteiger partial charge >= 0.3 is 12.2 Å². The van der Waals surface area contributed by atoms with E-state index in [1.807, 2.05) is 6.07 Å². The number of amides is 2. The molecule has 0 aromatic heterocycles. The van der Waals surface area contributed by atoms with Gasteiger partial charge < -0.3 is 20.0 Å². The van der Waals surface area contributed by atoms with Gasteiger partial charge in [-0.2, -0.15) is 5.26 Å². The summed E-state index contributed by atoms with van der Waals surface area (Å²) >= 11 is 0. The Hall–Kier alpha value is -2.75. The number of hydrogen-bond donors (Lipinski definition) is 2. The van der Waals surface area contributed by atoms with E-state index in [-0.39, 0.29) is 19.6 Å². The summed E-state index contributed by atoms with van der Waals surface area (Å²) in [5.74, 6) is 0. The molecule has 1 atom stereocenters. The van der Waals surface area contributed by atoms with Gasteiger partial charge in [0.1, 0.15) is 0 Å². The standard InChI is InChI=1S/C14H15N3O4/c15-8-11-3-1-10(2-4-11)7-12-9-16(13(18)19)5-6-17(12)14(20)21/h1-4,12H,5-7,9H2,(H,18,19)(H,20,21)/t12-/m1/s1. The lowest BCUT2D eigenvalue weighted by Gasteiger charge is -2.38. The maximum Gasteiger partial charge on any atom is 0.407 e. The molecule has 0 spiro atoms. The van der Waals surface area contributed by atoms with Crippen LogP contribution in [0.15, 0.2) is 24.3 Å². The zero-order valence-corrected chi connectivity index (χ0v) is 11.3. The highest BCUT2D eigenvalue weighted by Gasteiger charge is 2.32. The summed E-state index contributed by atoms with van der Waals surface area (Å²) in [5.41, 5.74) is 1.40. The molecule has 1 aromatic carbocycles. The van der Waals surface area contributed by atoms with Crippen molar-refractivity contribution >= 4 is 12.2 Å². The minimum Gasteiger partial charge on any atom is -0.465 e. The van der Waals surface area contributed by atoms with Crippen LogP contribution in [0.4, 0.5) is 9.59 Å². The van der Waals surface area contributed by atoms with Crippen molar-refractivity contribution in [2.24, 2.45) is 0 Å². The van der Waals surface area contributed by atoms with E-state index in [1.165, 1.54) is 9.80 Å². The normalized spacial score (nSPS) is 18.1. The maximum absolute atomic E-state index is 11.2. The zero-order chi connectivity index (χ0) is 15.4. The SMILES string of the molecule is N#Cc1ccc(C[C@@H]2CN(C(=O)O)CCN2C(=O)O)cc1. The van der Waals surface area contributed by atoms with Gasteiger partial charge in [0.2, 0.25) is 0 Å². The molecule has 1 saturated heterocycles. The Balaban J connectivity index is 2.13. The number of piperazine rings is 1. The second-order valence-electron chi connectivity index (χ2n) is 4.87. The molecule has 1 heterocycles. The van der Waals surface area contributed by atoms with Crippen LogP contribution in [0.2, 0.25) is 0 Å². The van der Waals surface area contributed by atoms with Gasteiger partial charge in [-0.25, -0.2) is 9.59 Å². The smallest absolute Gasteiger partial charge is 0.407 e. The molecule has 7 nitrogen and oxygen atoms in total. The molecule has 7 heteroatoms. The Morgan fingerprint density at radius 3 is 2.38 bits per heavy atom. The summed E-state index contributed by atoms with van der Waals surface area (Å²) < 4.78 is 0. The molecule has 1 aliphatic heterocycles. The van der Waals surface area contributed by atoms with Crippen LogP contribution >= 0.6 is 0 Å². The minimum absolute atomic E-state index is 0.154. The number of hydrogen-bond acceptors (Lipinski definition) is 3. The van der Waals surface area contributed by atoms with Gasteiger partial charge in [-0.05, 0) is 24.1 Å². The van der Waals surface area contributed by atoms with Crippen LogP contribution in [0.3, 0.4) is 0 Å². The zero-order valence-electron chi connectivity index (χ0n) is 11.3. The average Bonchev–Trinajstić information content (AvgIpc) is 2.47. The largest absolute Gasteiger partial charge is 0.465 e. The van der Waals surface area contributed by atoms with E-state index in [9.17, 15) is 14.7 Å². The quantitative estimate of drug-likeness (QED) is 0.857. The monoisotopic (exact) mass is 289 g/mol. The van der Waals surface area contributed by atoms with Crippen LogP contribution < -0.4 is 0 Å². The molecule has 21 heavy (non-hydrogen) atoms. The summed E-state index contributed by atoms with van der Waals surface area (Å²) in [5, 5.41) is 27.0. The lowest BCUT2D eigenvalue weighted by Crippen LogP contribution is -2.56. The highest BCUT2D eigenvalue weighted by atomic mass is 16.4.